The summed E-state index contributed by atoms with van der Waals surface area (Å²) >= 11 is 0. The first kappa shape index (κ1) is 15.3. The number of carbonyl (C=O) groups is 1. The zero-order chi connectivity index (χ0) is 13.0. The highest BCUT2D eigenvalue weighted by molar-refractivity contribution is 5.93. The summed E-state index contributed by atoms with van der Waals surface area (Å²) in [5, 5.41) is 9.47. The van der Waals surface area contributed by atoms with Crippen LogP contribution in [0.25, 0.3) is 11.5 Å². The molecule has 104 valence electrons. The third-order valence-corrected chi connectivity index (χ3v) is 2.48. The van der Waals surface area contributed by atoms with Crippen molar-refractivity contribution >= 4 is 18.3 Å². The van der Waals surface area contributed by atoms with Crippen LogP contribution in [-0.4, -0.2) is 29.2 Å². The number of hydrogen-bond acceptors (Lipinski definition) is 4. The number of hydrogen-bond donors (Lipinski definition) is 3. The molecule has 4 N–H and O–H groups in total. The van der Waals surface area contributed by atoms with Crippen molar-refractivity contribution < 1.29 is 9.21 Å². The summed E-state index contributed by atoms with van der Waals surface area (Å²) in [5.74, 6) is 1.27. The van der Waals surface area contributed by atoms with Gasteiger partial charge in [0.05, 0.1) is 0 Å². The first-order valence-corrected chi connectivity index (χ1v) is 5.81. The number of halogens is 1. The van der Waals surface area contributed by atoms with Crippen molar-refractivity contribution in [3.63, 3.8) is 0 Å². The molecule has 0 aliphatic rings. The van der Waals surface area contributed by atoms with Crippen molar-refractivity contribution in [2.24, 2.45) is 5.73 Å². The average Bonchev–Trinajstić information content (AvgIpc) is 2.97. The SMILES string of the molecule is Cc1ccc(-c2cc(C(=O)NCCCN)n[nH]2)o1.Cl. The number of furan rings is 1. The van der Waals surface area contributed by atoms with Crippen LogP contribution >= 0.6 is 12.4 Å². The van der Waals surface area contributed by atoms with Crippen LogP contribution in [0.4, 0.5) is 0 Å². The second-order valence-electron chi connectivity index (χ2n) is 3.98. The molecule has 6 nitrogen and oxygen atoms in total. The van der Waals surface area contributed by atoms with Gasteiger partial charge in [-0.3, -0.25) is 9.89 Å². The lowest BCUT2D eigenvalue weighted by molar-refractivity contribution is 0.0948. The topological polar surface area (TPSA) is 96.9 Å². The van der Waals surface area contributed by atoms with E-state index in [-0.39, 0.29) is 18.3 Å². The number of aryl methyl sites for hydroxylation is 1. The Bertz CT molecular complexity index is 535. The highest BCUT2D eigenvalue weighted by Crippen LogP contribution is 2.20. The molecule has 0 bridgehead atoms. The molecule has 2 aromatic heterocycles. The highest BCUT2D eigenvalue weighted by atomic mass is 35.5. The largest absolute Gasteiger partial charge is 0.460 e. The minimum atomic E-state index is -0.214. The molecule has 0 aromatic carbocycles. The fourth-order valence-electron chi connectivity index (χ4n) is 1.54. The third-order valence-electron chi connectivity index (χ3n) is 2.48. The van der Waals surface area contributed by atoms with Gasteiger partial charge in [-0.2, -0.15) is 5.10 Å². The number of nitrogens with zero attached hydrogens (tertiary/aromatic N) is 1. The maximum absolute atomic E-state index is 11.7. The molecule has 0 saturated heterocycles. The molecule has 19 heavy (non-hydrogen) atoms. The lowest BCUT2D eigenvalue weighted by Crippen LogP contribution is -2.26. The predicted molar refractivity (Wildman–Crippen MR) is 74.3 cm³/mol. The molecule has 0 spiro atoms. The molecule has 0 aliphatic heterocycles. The van der Waals surface area contributed by atoms with E-state index in [2.05, 4.69) is 15.5 Å². The van der Waals surface area contributed by atoms with Gasteiger partial charge in [0.25, 0.3) is 5.91 Å². The van der Waals surface area contributed by atoms with E-state index in [1.54, 1.807) is 6.07 Å². The zero-order valence-corrected chi connectivity index (χ0v) is 11.4. The quantitative estimate of drug-likeness (QED) is 0.725. The molecule has 0 fully saturated rings. The van der Waals surface area contributed by atoms with Crippen LogP contribution in [0.15, 0.2) is 22.6 Å². The minimum absolute atomic E-state index is 0. The minimum Gasteiger partial charge on any atom is -0.460 e. The van der Waals surface area contributed by atoms with Crippen molar-refractivity contribution in [3.8, 4) is 11.5 Å². The summed E-state index contributed by atoms with van der Waals surface area (Å²) in [6.07, 6.45) is 0.750. The number of amides is 1. The number of nitrogens with one attached hydrogen (secondary N) is 2. The molecule has 2 aromatic rings. The van der Waals surface area contributed by atoms with Crippen LogP contribution in [0.2, 0.25) is 0 Å². The maximum atomic E-state index is 11.7. The monoisotopic (exact) mass is 284 g/mol. The highest BCUT2D eigenvalue weighted by Gasteiger charge is 2.12. The molecule has 1 amide bonds. The van der Waals surface area contributed by atoms with E-state index in [1.165, 1.54) is 0 Å². The van der Waals surface area contributed by atoms with Crippen LogP contribution < -0.4 is 11.1 Å². The van der Waals surface area contributed by atoms with Gasteiger partial charge in [-0.15, -0.1) is 12.4 Å². The average molecular weight is 285 g/mol. The second-order valence-corrected chi connectivity index (χ2v) is 3.98. The Kier molecular flexibility index (Phi) is 5.59. The van der Waals surface area contributed by atoms with Crippen molar-refractivity contribution in [3.05, 3.63) is 29.7 Å². The lowest BCUT2D eigenvalue weighted by atomic mass is 10.3. The number of aromatic amines is 1. The molecule has 2 heterocycles. The second kappa shape index (κ2) is 6.96. The van der Waals surface area contributed by atoms with E-state index in [9.17, 15) is 4.79 Å². The van der Waals surface area contributed by atoms with Gasteiger partial charge in [-0.05, 0) is 32.0 Å². The van der Waals surface area contributed by atoms with Gasteiger partial charge in [0.2, 0.25) is 0 Å². The van der Waals surface area contributed by atoms with Crippen molar-refractivity contribution in [2.75, 3.05) is 13.1 Å². The fourth-order valence-corrected chi connectivity index (χ4v) is 1.54. The Labute approximate surface area is 117 Å². The summed E-state index contributed by atoms with van der Waals surface area (Å²) < 4.78 is 5.44. The van der Waals surface area contributed by atoms with Crippen molar-refractivity contribution in [1.82, 2.24) is 15.5 Å². The van der Waals surface area contributed by atoms with Crippen LogP contribution in [0, 0.1) is 6.92 Å². The first-order valence-electron chi connectivity index (χ1n) is 5.81. The Balaban J connectivity index is 0.00000180. The number of aromatic nitrogens is 2. The van der Waals surface area contributed by atoms with Gasteiger partial charge >= 0.3 is 0 Å². The predicted octanol–water partition coefficient (Wildman–Crippen LogP) is 1.48. The molecule has 2 rings (SSSR count). The van der Waals surface area contributed by atoms with E-state index in [1.807, 2.05) is 19.1 Å². The zero-order valence-electron chi connectivity index (χ0n) is 10.6. The van der Waals surface area contributed by atoms with Crippen LogP contribution in [0.5, 0.6) is 0 Å². The first-order chi connectivity index (χ1) is 8.70. The number of rotatable bonds is 5. The Morgan fingerprint density at radius 3 is 2.95 bits per heavy atom. The Hall–Kier alpha value is -1.79. The van der Waals surface area contributed by atoms with Crippen LogP contribution in [0.3, 0.4) is 0 Å². The van der Waals surface area contributed by atoms with Gasteiger partial charge in [-0.25, -0.2) is 0 Å². The van der Waals surface area contributed by atoms with Crippen LogP contribution in [0.1, 0.15) is 22.7 Å². The van der Waals surface area contributed by atoms with E-state index >= 15 is 0 Å². The number of carbonyl (C=O) groups excluding carboxylic acids is 1. The molecule has 0 saturated carbocycles. The van der Waals surface area contributed by atoms with Gasteiger partial charge in [0, 0.05) is 12.6 Å². The molecule has 0 unspecified atom stereocenters. The standard InChI is InChI=1S/C12H16N4O2.ClH/c1-8-3-4-11(18-8)9-7-10(16-15-9)12(17)14-6-2-5-13;/h3-4,7H,2,5-6,13H2,1H3,(H,14,17)(H,15,16);1H. The van der Waals surface area contributed by atoms with Gasteiger partial charge < -0.3 is 15.5 Å². The van der Waals surface area contributed by atoms with E-state index in [0.717, 1.165) is 12.2 Å². The molecule has 0 atom stereocenters. The summed E-state index contributed by atoms with van der Waals surface area (Å²) in [6.45, 7) is 2.97. The van der Waals surface area contributed by atoms with E-state index in [0.29, 0.717) is 30.2 Å². The molecular formula is C12H17ClN4O2. The summed E-state index contributed by atoms with van der Waals surface area (Å²) in [7, 11) is 0. The summed E-state index contributed by atoms with van der Waals surface area (Å²) in [4.78, 5) is 11.7. The molecule has 7 heteroatoms. The number of H-pyrrole nitrogens is 1. The normalized spacial score (nSPS) is 10.0. The van der Waals surface area contributed by atoms with E-state index < -0.39 is 0 Å². The Morgan fingerprint density at radius 2 is 2.32 bits per heavy atom. The van der Waals surface area contributed by atoms with E-state index in [4.69, 9.17) is 10.2 Å². The fraction of sp³-hybridized carbons (Fsp3) is 0.333. The van der Waals surface area contributed by atoms with Crippen LogP contribution in [-0.2, 0) is 0 Å². The van der Waals surface area contributed by atoms with Gasteiger partial charge in [0.1, 0.15) is 11.5 Å². The third kappa shape index (κ3) is 3.84. The maximum Gasteiger partial charge on any atom is 0.271 e. The van der Waals surface area contributed by atoms with Crippen molar-refractivity contribution in [2.45, 2.75) is 13.3 Å². The number of nitrogens with two attached hydrogens (primary N) is 1. The molecular weight excluding hydrogens is 268 g/mol. The Morgan fingerprint density at radius 1 is 1.53 bits per heavy atom. The molecule has 0 radical (unpaired) electrons. The summed E-state index contributed by atoms with van der Waals surface area (Å²) in [5.41, 5.74) is 6.38. The lowest BCUT2D eigenvalue weighted by Gasteiger charge is -1.99. The van der Waals surface area contributed by atoms with Crippen molar-refractivity contribution in [1.29, 1.82) is 0 Å². The smallest absolute Gasteiger partial charge is 0.271 e. The summed E-state index contributed by atoms with van der Waals surface area (Å²) in [6, 6.07) is 5.35. The van der Waals surface area contributed by atoms with Gasteiger partial charge in [-0.1, -0.05) is 0 Å². The molecule has 0 aliphatic carbocycles. The van der Waals surface area contributed by atoms with Gasteiger partial charge in [0.15, 0.2) is 11.5 Å².